The van der Waals surface area contributed by atoms with Crippen LogP contribution in [0.3, 0.4) is 0 Å². The average Bonchev–Trinajstić information content (AvgIpc) is 3.28. The molecule has 1 N–H and O–H groups in total. The fraction of sp³-hybridized carbons (Fsp3) is 0.455. The summed E-state index contributed by atoms with van der Waals surface area (Å²) < 4.78 is 12.6. The second-order valence-electron chi connectivity index (χ2n) is 7.54. The number of aryl methyl sites for hydroxylation is 1. The Bertz CT molecular complexity index is 1010. The van der Waals surface area contributed by atoms with Gasteiger partial charge in [-0.2, -0.15) is 0 Å². The molecule has 0 radical (unpaired) electrons. The Hall–Kier alpha value is -2.22. The first-order chi connectivity index (χ1) is 14.2. The molecule has 7 heteroatoms. The van der Waals surface area contributed by atoms with E-state index in [9.17, 15) is 4.79 Å². The van der Waals surface area contributed by atoms with Gasteiger partial charge in [-0.15, -0.1) is 11.3 Å². The lowest BCUT2D eigenvalue weighted by Crippen LogP contribution is -2.33. The van der Waals surface area contributed by atoms with Crippen LogP contribution in [0.1, 0.15) is 25.7 Å². The van der Waals surface area contributed by atoms with E-state index in [-0.39, 0.29) is 5.56 Å². The van der Waals surface area contributed by atoms with Gasteiger partial charge in [0.15, 0.2) is 0 Å². The van der Waals surface area contributed by atoms with Gasteiger partial charge in [-0.05, 0) is 49.4 Å². The van der Waals surface area contributed by atoms with Crippen molar-refractivity contribution in [2.75, 3.05) is 25.6 Å². The highest BCUT2D eigenvalue weighted by Crippen LogP contribution is 2.28. The van der Waals surface area contributed by atoms with Gasteiger partial charge in [0.05, 0.1) is 35.2 Å². The zero-order chi connectivity index (χ0) is 20.2. The van der Waals surface area contributed by atoms with Crippen molar-refractivity contribution in [1.29, 1.82) is 0 Å². The SMILES string of the molecule is COCCOC1CCC(Nc2cc3cc(-c4cncs4)ccc3n(C)c2=O)CC1. The van der Waals surface area contributed by atoms with E-state index in [1.807, 2.05) is 37.0 Å². The molecule has 6 nitrogen and oxygen atoms in total. The van der Waals surface area contributed by atoms with Crippen molar-refractivity contribution in [3.63, 3.8) is 0 Å². The highest BCUT2D eigenvalue weighted by molar-refractivity contribution is 7.13. The first kappa shape index (κ1) is 20.1. The van der Waals surface area contributed by atoms with E-state index in [4.69, 9.17) is 9.47 Å². The Morgan fingerprint density at radius 3 is 2.76 bits per heavy atom. The van der Waals surface area contributed by atoms with Crippen LogP contribution in [0.2, 0.25) is 0 Å². The summed E-state index contributed by atoms with van der Waals surface area (Å²) in [7, 11) is 3.53. The molecule has 0 unspecified atom stereocenters. The molecule has 1 aliphatic rings. The van der Waals surface area contributed by atoms with Gasteiger partial charge in [-0.25, -0.2) is 0 Å². The van der Waals surface area contributed by atoms with Crippen LogP contribution < -0.4 is 10.9 Å². The van der Waals surface area contributed by atoms with Gasteiger partial charge in [-0.1, -0.05) is 6.07 Å². The number of nitrogens with zero attached hydrogens (tertiary/aromatic N) is 2. The van der Waals surface area contributed by atoms with Crippen LogP contribution in [0.15, 0.2) is 40.8 Å². The molecule has 29 heavy (non-hydrogen) atoms. The molecule has 0 atom stereocenters. The number of thiazole rings is 1. The predicted molar refractivity (Wildman–Crippen MR) is 118 cm³/mol. The van der Waals surface area contributed by atoms with Crippen LogP contribution in [-0.2, 0) is 16.5 Å². The van der Waals surface area contributed by atoms with Crippen molar-refractivity contribution >= 4 is 27.9 Å². The van der Waals surface area contributed by atoms with Crippen molar-refractivity contribution in [2.24, 2.45) is 7.05 Å². The van der Waals surface area contributed by atoms with Gasteiger partial charge >= 0.3 is 0 Å². The van der Waals surface area contributed by atoms with Gasteiger partial charge in [0.2, 0.25) is 0 Å². The van der Waals surface area contributed by atoms with Crippen LogP contribution in [0, 0.1) is 0 Å². The van der Waals surface area contributed by atoms with Crippen LogP contribution in [0.5, 0.6) is 0 Å². The van der Waals surface area contributed by atoms with E-state index in [2.05, 4.69) is 16.4 Å². The molecule has 1 fully saturated rings. The van der Waals surface area contributed by atoms with E-state index in [0.717, 1.165) is 47.0 Å². The number of benzene rings is 1. The fourth-order valence-corrected chi connectivity index (χ4v) is 4.61. The fourth-order valence-electron chi connectivity index (χ4n) is 3.99. The summed E-state index contributed by atoms with van der Waals surface area (Å²) >= 11 is 1.62. The molecule has 154 valence electrons. The first-order valence-electron chi connectivity index (χ1n) is 10.1. The zero-order valence-corrected chi connectivity index (χ0v) is 17.7. The van der Waals surface area contributed by atoms with Crippen LogP contribution in [0.4, 0.5) is 5.69 Å². The van der Waals surface area contributed by atoms with E-state index in [0.29, 0.717) is 31.0 Å². The lowest BCUT2D eigenvalue weighted by atomic mass is 9.92. The minimum absolute atomic E-state index is 0.0153. The maximum absolute atomic E-state index is 12.9. The normalized spacial score (nSPS) is 19.5. The summed E-state index contributed by atoms with van der Waals surface area (Å²) in [6, 6.07) is 8.48. The van der Waals surface area contributed by atoms with Gasteiger partial charge in [0, 0.05) is 31.8 Å². The number of anilines is 1. The molecule has 1 aliphatic carbocycles. The highest BCUT2D eigenvalue weighted by Gasteiger charge is 2.22. The number of hydrogen-bond acceptors (Lipinski definition) is 6. The van der Waals surface area contributed by atoms with Crippen LogP contribution in [-0.4, -0.2) is 42.0 Å². The molecule has 0 saturated heterocycles. The standard InChI is InChI=1S/C22H27N3O3S/c1-25-20-8-3-15(21-13-23-14-29-21)11-16(20)12-19(22(25)26)24-17-4-6-18(7-5-17)28-10-9-27-2/h3,8,11-14,17-18,24H,4-7,9-10H2,1-2H3. The second-order valence-corrected chi connectivity index (χ2v) is 8.43. The maximum atomic E-state index is 12.9. The third kappa shape index (κ3) is 4.52. The average molecular weight is 414 g/mol. The summed E-state index contributed by atoms with van der Waals surface area (Å²) in [6.45, 7) is 1.28. The number of nitrogens with one attached hydrogen (secondary N) is 1. The predicted octanol–water partition coefficient (Wildman–Crippen LogP) is 4.05. The second kappa shape index (κ2) is 9.07. The molecule has 4 rings (SSSR count). The van der Waals surface area contributed by atoms with Crippen LogP contribution in [0.25, 0.3) is 21.3 Å². The van der Waals surface area contributed by atoms with Gasteiger partial charge in [0.25, 0.3) is 5.56 Å². The number of rotatable bonds is 7. The van der Waals surface area contributed by atoms with E-state index >= 15 is 0 Å². The summed E-state index contributed by atoms with van der Waals surface area (Å²) in [4.78, 5) is 18.2. The van der Waals surface area contributed by atoms with Crippen LogP contribution >= 0.6 is 11.3 Å². The van der Waals surface area contributed by atoms with Crippen molar-refractivity contribution < 1.29 is 9.47 Å². The van der Waals surface area contributed by atoms with Gasteiger partial charge in [-0.3, -0.25) is 9.78 Å². The van der Waals surface area contributed by atoms with Crippen molar-refractivity contribution in [3.8, 4) is 10.4 Å². The highest BCUT2D eigenvalue weighted by atomic mass is 32.1. The molecule has 1 aromatic carbocycles. The number of methoxy groups -OCH3 is 1. The number of aromatic nitrogens is 2. The molecular weight excluding hydrogens is 386 g/mol. The Morgan fingerprint density at radius 2 is 2.03 bits per heavy atom. The van der Waals surface area contributed by atoms with Crippen molar-refractivity contribution in [2.45, 2.75) is 37.8 Å². The summed E-state index contributed by atoms with van der Waals surface area (Å²) in [6.07, 6.45) is 6.18. The largest absolute Gasteiger partial charge is 0.382 e. The number of hydrogen-bond donors (Lipinski definition) is 1. The van der Waals surface area contributed by atoms with E-state index in [1.54, 1.807) is 23.0 Å². The van der Waals surface area contributed by atoms with Crippen molar-refractivity contribution in [3.05, 3.63) is 46.3 Å². The van der Waals surface area contributed by atoms with Gasteiger partial charge < -0.3 is 19.4 Å². The molecule has 2 aromatic heterocycles. The van der Waals surface area contributed by atoms with E-state index in [1.165, 1.54) is 0 Å². The maximum Gasteiger partial charge on any atom is 0.274 e. The molecular formula is C22H27N3O3S. The smallest absolute Gasteiger partial charge is 0.274 e. The minimum Gasteiger partial charge on any atom is -0.382 e. The minimum atomic E-state index is 0.0153. The first-order valence-corrected chi connectivity index (χ1v) is 10.9. The number of ether oxygens (including phenoxy) is 2. The third-order valence-corrected chi connectivity index (χ3v) is 6.44. The van der Waals surface area contributed by atoms with Crippen molar-refractivity contribution in [1.82, 2.24) is 9.55 Å². The Kier molecular flexibility index (Phi) is 6.28. The summed E-state index contributed by atoms with van der Waals surface area (Å²) in [5, 5.41) is 4.55. The summed E-state index contributed by atoms with van der Waals surface area (Å²) in [5.74, 6) is 0. The number of pyridine rings is 1. The molecule has 2 heterocycles. The quantitative estimate of drug-likeness (QED) is 0.592. The molecule has 0 spiro atoms. The zero-order valence-electron chi connectivity index (χ0n) is 16.9. The topological polar surface area (TPSA) is 65.4 Å². The van der Waals surface area contributed by atoms with Gasteiger partial charge in [0.1, 0.15) is 5.69 Å². The molecule has 0 bridgehead atoms. The lowest BCUT2D eigenvalue weighted by molar-refractivity contribution is -0.00155. The Morgan fingerprint density at radius 1 is 1.21 bits per heavy atom. The number of fused-ring (bicyclic) bond motifs is 1. The molecule has 3 aromatic rings. The summed E-state index contributed by atoms with van der Waals surface area (Å²) in [5.41, 5.74) is 4.58. The lowest BCUT2D eigenvalue weighted by Gasteiger charge is -2.29. The monoisotopic (exact) mass is 413 g/mol. The molecule has 0 aliphatic heterocycles. The Labute approximate surface area is 174 Å². The third-order valence-electron chi connectivity index (χ3n) is 5.62. The Balaban J connectivity index is 1.50. The molecule has 1 saturated carbocycles. The molecule has 0 amide bonds. The van der Waals surface area contributed by atoms with E-state index < -0.39 is 0 Å².